The van der Waals surface area contributed by atoms with Crippen molar-refractivity contribution in [2.45, 2.75) is 39.2 Å². The summed E-state index contributed by atoms with van der Waals surface area (Å²) in [5, 5.41) is 13.6. The van der Waals surface area contributed by atoms with E-state index in [0.717, 1.165) is 18.4 Å². The van der Waals surface area contributed by atoms with Crippen LogP contribution in [0, 0.1) is 6.92 Å². The lowest BCUT2D eigenvalue weighted by Crippen LogP contribution is -2.09. The maximum Gasteiger partial charge on any atom is 0.229 e. The van der Waals surface area contributed by atoms with Crippen LogP contribution in [-0.4, -0.2) is 26.3 Å². The minimum absolute atomic E-state index is 0.395. The lowest BCUT2D eigenvalue weighted by Gasteiger charge is -2.03. The molecule has 1 atom stereocenters. The molecule has 0 amide bonds. The predicted molar refractivity (Wildman–Crippen MR) is 66.9 cm³/mol. The van der Waals surface area contributed by atoms with E-state index < -0.39 is 6.10 Å². The molecule has 5 nitrogen and oxygen atoms in total. The van der Waals surface area contributed by atoms with Gasteiger partial charge in [0, 0.05) is 6.20 Å². The van der Waals surface area contributed by atoms with Crippen molar-refractivity contribution in [3.8, 4) is 11.5 Å². The molecule has 1 unspecified atom stereocenters. The molecule has 2 aromatic heterocycles. The van der Waals surface area contributed by atoms with Gasteiger partial charge in [-0.15, -0.1) is 0 Å². The number of aliphatic hydroxyl groups excluding tert-OH is 1. The highest BCUT2D eigenvalue weighted by Crippen LogP contribution is 2.15. The fourth-order valence-corrected chi connectivity index (χ4v) is 1.74. The molecule has 2 rings (SSSR count). The molecule has 0 bridgehead atoms. The zero-order valence-corrected chi connectivity index (χ0v) is 10.6. The molecule has 1 N–H and O–H groups in total. The van der Waals surface area contributed by atoms with E-state index in [-0.39, 0.29) is 0 Å². The Morgan fingerprint density at radius 1 is 1.44 bits per heavy atom. The summed E-state index contributed by atoms with van der Waals surface area (Å²) in [5.41, 5.74) is 1.78. The van der Waals surface area contributed by atoms with E-state index in [4.69, 9.17) is 4.52 Å². The van der Waals surface area contributed by atoms with Gasteiger partial charge in [-0.3, -0.25) is 4.98 Å². The van der Waals surface area contributed by atoms with E-state index in [9.17, 15) is 5.11 Å². The van der Waals surface area contributed by atoms with E-state index in [2.05, 4.69) is 15.1 Å². The summed E-state index contributed by atoms with van der Waals surface area (Å²) in [6, 6.07) is 3.81. The van der Waals surface area contributed by atoms with Gasteiger partial charge >= 0.3 is 0 Å². The molecular weight excluding hydrogens is 230 g/mol. The maximum absolute atomic E-state index is 9.68. The number of hydrogen-bond acceptors (Lipinski definition) is 5. The molecule has 96 valence electrons. The highest BCUT2D eigenvalue weighted by atomic mass is 16.5. The largest absolute Gasteiger partial charge is 0.393 e. The minimum Gasteiger partial charge on any atom is -0.393 e. The molecule has 0 spiro atoms. The first-order valence-electron chi connectivity index (χ1n) is 6.12. The number of hydrogen-bond donors (Lipinski definition) is 1. The van der Waals surface area contributed by atoms with Crippen LogP contribution in [0.3, 0.4) is 0 Å². The van der Waals surface area contributed by atoms with Crippen molar-refractivity contribution in [3.05, 3.63) is 29.8 Å². The predicted octanol–water partition coefficient (Wildman–Crippen LogP) is 2.14. The summed E-state index contributed by atoms with van der Waals surface area (Å²) in [4.78, 5) is 8.43. The van der Waals surface area contributed by atoms with Crippen LogP contribution in [0.15, 0.2) is 22.9 Å². The third-order valence-electron chi connectivity index (χ3n) is 2.64. The Hall–Kier alpha value is -1.75. The molecule has 2 aromatic rings. The molecule has 0 aromatic carbocycles. The van der Waals surface area contributed by atoms with Crippen LogP contribution in [0.25, 0.3) is 11.5 Å². The van der Waals surface area contributed by atoms with Crippen molar-refractivity contribution in [1.29, 1.82) is 0 Å². The fourth-order valence-electron chi connectivity index (χ4n) is 1.74. The van der Waals surface area contributed by atoms with E-state index in [1.807, 2.05) is 26.0 Å². The number of aromatic nitrogens is 3. The summed E-state index contributed by atoms with van der Waals surface area (Å²) in [6.45, 7) is 4.01. The van der Waals surface area contributed by atoms with Crippen LogP contribution in [0.1, 0.15) is 31.2 Å². The fraction of sp³-hybridized carbons (Fsp3) is 0.462. The zero-order chi connectivity index (χ0) is 13.0. The first-order chi connectivity index (χ1) is 8.69. The Morgan fingerprint density at radius 3 is 3.00 bits per heavy atom. The van der Waals surface area contributed by atoms with Crippen molar-refractivity contribution < 1.29 is 9.63 Å². The van der Waals surface area contributed by atoms with Crippen molar-refractivity contribution in [2.24, 2.45) is 0 Å². The van der Waals surface area contributed by atoms with Gasteiger partial charge in [0.2, 0.25) is 11.7 Å². The highest BCUT2D eigenvalue weighted by molar-refractivity contribution is 5.48. The smallest absolute Gasteiger partial charge is 0.229 e. The normalized spacial score (nSPS) is 12.6. The summed E-state index contributed by atoms with van der Waals surface area (Å²) in [5.74, 6) is 0.923. The summed E-state index contributed by atoms with van der Waals surface area (Å²) in [6.07, 6.45) is 3.36. The van der Waals surface area contributed by atoms with Gasteiger partial charge in [-0.1, -0.05) is 18.5 Å². The van der Waals surface area contributed by atoms with Crippen LogP contribution in [0.5, 0.6) is 0 Å². The topological polar surface area (TPSA) is 72.0 Å². The van der Waals surface area contributed by atoms with Crippen molar-refractivity contribution in [2.75, 3.05) is 0 Å². The van der Waals surface area contributed by atoms with Gasteiger partial charge < -0.3 is 9.63 Å². The number of rotatable bonds is 5. The van der Waals surface area contributed by atoms with Gasteiger partial charge in [0.1, 0.15) is 5.69 Å². The number of nitrogens with zero attached hydrogens (tertiary/aromatic N) is 3. The van der Waals surface area contributed by atoms with Crippen molar-refractivity contribution in [3.63, 3.8) is 0 Å². The van der Waals surface area contributed by atoms with Gasteiger partial charge in [0.25, 0.3) is 0 Å². The third kappa shape index (κ3) is 3.13. The van der Waals surface area contributed by atoms with Crippen LogP contribution < -0.4 is 0 Å². The highest BCUT2D eigenvalue weighted by Gasteiger charge is 2.13. The molecule has 0 fully saturated rings. The monoisotopic (exact) mass is 247 g/mol. The molecule has 5 heteroatoms. The van der Waals surface area contributed by atoms with Gasteiger partial charge in [-0.2, -0.15) is 4.98 Å². The molecule has 0 saturated heterocycles. The quantitative estimate of drug-likeness (QED) is 0.876. The van der Waals surface area contributed by atoms with Gasteiger partial charge in [0.05, 0.1) is 12.5 Å². The molecular formula is C13H17N3O2. The lowest BCUT2D eigenvalue weighted by molar-refractivity contribution is 0.152. The van der Waals surface area contributed by atoms with Crippen LogP contribution in [0.4, 0.5) is 0 Å². The third-order valence-corrected chi connectivity index (χ3v) is 2.64. The summed E-state index contributed by atoms with van der Waals surface area (Å²) >= 11 is 0. The lowest BCUT2D eigenvalue weighted by atomic mass is 10.1. The molecule has 0 aliphatic heterocycles. The molecule has 0 radical (unpaired) electrons. The standard InChI is InChI=1S/C13H17N3O2/c1-3-4-10(17)8-12-15-13(16-18-12)11-7-9(2)5-6-14-11/h5-7,10,17H,3-4,8H2,1-2H3. The number of aliphatic hydroxyl groups is 1. The summed E-state index contributed by atoms with van der Waals surface area (Å²) in [7, 11) is 0. The van der Waals surface area contributed by atoms with Crippen LogP contribution in [-0.2, 0) is 6.42 Å². The summed E-state index contributed by atoms with van der Waals surface area (Å²) < 4.78 is 5.11. The molecule has 2 heterocycles. The average molecular weight is 247 g/mol. The Kier molecular flexibility index (Phi) is 4.04. The van der Waals surface area contributed by atoms with Gasteiger partial charge in [-0.05, 0) is 31.0 Å². The number of pyridine rings is 1. The van der Waals surface area contributed by atoms with Crippen molar-refractivity contribution >= 4 is 0 Å². The van der Waals surface area contributed by atoms with E-state index in [1.165, 1.54) is 0 Å². The first-order valence-corrected chi connectivity index (χ1v) is 6.12. The maximum atomic E-state index is 9.68. The second-order valence-electron chi connectivity index (χ2n) is 4.38. The molecule has 0 aliphatic carbocycles. The van der Waals surface area contributed by atoms with E-state index >= 15 is 0 Å². The molecule has 0 aliphatic rings. The zero-order valence-electron chi connectivity index (χ0n) is 10.6. The minimum atomic E-state index is -0.422. The van der Waals surface area contributed by atoms with E-state index in [0.29, 0.717) is 23.8 Å². The Morgan fingerprint density at radius 2 is 2.28 bits per heavy atom. The molecule has 18 heavy (non-hydrogen) atoms. The Labute approximate surface area is 106 Å². The van der Waals surface area contributed by atoms with Crippen LogP contribution in [0.2, 0.25) is 0 Å². The van der Waals surface area contributed by atoms with Crippen LogP contribution >= 0.6 is 0 Å². The second-order valence-corrected chi connectivity index (χ2v) is 4.38. The van der Waals surface area contributed by atoms with Crippen molar-refractivity contribution in [1.82, 2.24) is 15.1 Å². The number of aryl methyl sites for hydroxylation is 1. The van der Waals surface area contributed by atoms with Gasteiger partial charge in [0.15, 0.2) is 0 Å². The Balaban J connectivity index is 2.10. The Bertz CT molecular complexity index is 510. The SMILES string of the molecule is CCCC(O)Cc1nc(-c2cc(C)ccn2)no1. The second kappa shape index (κ2) is 5.73. The van der Waals surface area contributed by atoms with E-state index in [1.54, 1.807) is 6.20 Å². The van der Waals surface area contributed by atoms with Gasteiger partial charge in [-0.25, -0.2) is 0 Å². The molecule has 0 saturated carbocycles. The first kappa shape index (κ1) is 12.7. The average Bonchev–Trinajstić information content (AvgIpc) is 2.78.